The van der Waals surface area contributed by atoms with Crippen LogP contribution in [0.2, 0.25) is 0 Å². The zero-order chi connectivity index (χ0) is 9.10. The van der Waals surface area contributed by atoms with Crippen LogP contribution in [-0.4, -0.2) is 26.2 Å². The first-order valence-electron chi connectivity index (χ1n) is 4.80. The molecule has 0 bridgehead atoms. The van der Waals surface area contributed by atoms with Crippen molar-refractivity contribution in [3.63, 3.8) is 0 Å². The van der Waals surface area contributed by atoms with E-state index in [1.165, 1.54) is 11.3 Å². The average molecular weight is 175 g/mol. The second-order valence-electron chi connectivity index (χ2n) is 3.47. The molecule has 1 fully saturated rings. The lowest BCUT2D eigenvalue weighted by atomic mass is 10.2. The molecule has 1 aliphatic heterocycles. The summed E-state index contributed by atoms with van der Waals surface area (Å²) in [7, 11) is 0. The van der Waals surface area contributed by atoms with Gasteiger partial charge in [0, 0.05) is 31.9 Å². The molecule has 1 aliphatic rings. The van der Waals surface area contributed by atoms with E-state index < -0.39 is 0 Å². The number of hydrogen-bond donors (Lipinski definition) is 1. The summed E-state index contributed by atoms with van der Waals surface area (Å²) >= 11 is 0. The van der Waals surface area contributed by atoms with Gasteiger partial charge in [-0.3, -0.25) is 0 Å². The van der Waals surface area contributed by atoms with E-state index in [4.69, 9.17) is 0 Å². The Hall–Kier alpha value is -1.02. The van der Waals surface area contributed by atoms with Crippen molar-refractivity contribution < 1.29 is 0 Å². The van der Waals surface area contributed by atoms with Crippen LogP contribution in [0.15, 0.2) is 18.2 Å². The van der Waals surface area contributed by atoms with Crippen LogP contribution in [0.3, 0.4) is 0 Å². The first-order valence-corrected chi connectivity index (χ1v) is 4.80. The summed E-state index contributed by atoms with van der Waals surface area (Å²) in [5.74, 6) is 0. The molecule has 1 aromatic rings. The lowest BCUT2D eigenvalue weighted by molar-refractivity contribution is 0.589. The van der Waals surface area contributed by atoms with Crippen molar-refractivity contribution in [2.45, 2.75) is 6.92 Å². The molecular weight excluding hydrogens is 160 g/mol. The molecule has 0 amide bonds. The molecule has 1 N–H and O–H groups in total. The van der Waals surface area contributed by atoms with Crippen LogP contribution in [0.1, 0.15) is 5.56 Å². The van der Waals surface area contributed by atoms with Gasteiger partial charge >= 0.3 is 0 Å². The molecule has 2 rings (SSSR count). The number of nitrogens with zero attached hydrogens (tertiary/aromatic N) is 1. The van der Waals surface area contributed by atoms with E-state index in [1.807, 2.05) is 6.07 Å². The van der Waals surface area contributed by atoms with Crippen molar-refractivity contribution in [3.05, 3.63) is 29.8 Å². The second-order valence-corrected chi connectivity index (χ2v) is 3.47. The summed E-state index contributed by atoms with van der Waals surface area (Å²) in [5.41, 5.74) is 2.55. The van der Waals surface area contributed by atoms with Crippen LogP contribution in [0, 0.1) is 13.0 Å². The molecule has 1 radical (unpaired) electrons. The number of piperazine rings is 1. The first-order chi connectivity index (χ1) is 6.36. The Bertz CT molecular complexity index is 277. The van der Waals surface area contributed by atoms with Crippen LogP contribution < -0.4 is 10.2 Å². The number of hydrogen-bond acceptors (Lipinski definition) is 2. The van der Waals surface area contributed by atoms with Gasteiger partial charge in [0.1, 0.15) is 0 Å². The molecule has 0 spiro atoms. The minimum Gasteiger partial charge on any atom is -0.369 e. The van der Waals surface area contributed by atoms with Gasteiger partial charge in [-0.25, -0.2) is 0 Å². The summed E-state index contributed by atoms with van der Waals surface area (Å²) in [6.45, 7) is 6.51. The maximum atomic E-state index is 3.35. The van der Waals surface area contributed by atoms with Crippen molar-refractivity contribution in [2.24, 2.45) is 0 Å². The fourth-order valence-corrected chi connectivity index (χ4v) is 1.69. The zero-order valence-electron chi connectivity index (χ0n) is 8.01. The van der Waals surface area contributed by atoms with Crippen molar-refractivity contribution in [2.75, 3.05) is 31.1 Å². The van der Waals surface area contributed by atoms with Gasteiger partial charge in [-0.2, -0.15) is 0 Å². The minimum atomic E-state index is 1.09. The fraction of sp³-hybridized carbons (Fsp3) is 0.455. The Labute approximate surface area is 79.6 Å². The van der Waals surface area contributed by atoms with E-state index >= 15 is 0 Å². The molecule has 0 unspecified atom stereocenters. The lowest BCUT2D eigenvalue weighted by Gasteiger charge is -2.29. The molecule has 69 valence electrons. The summed E-state index contributed by atoms with van der Waals surface area (Å²) in [4.78, 5) is 2.41. The second kappa shape index (κ2) is 3.79. The van der Waals surface area contributed by atoms with Gasteiger partial charge in [0.15, 0.2) is 0 Å². The van der Waals surface area contributed by atoms with Gasteiger partial charge in [0.2, 0.25) is 0 Å². The molecule has 1 aromatic carbocycles. The van der Waals surface area contributed by atoms with Crippen LogP contribution in [0.4, 0.5) is 5.69 Å². The van der Waals surface area contributed by atoms with Crippen molar-refractivity contribution >= 4 is 5.69 Å². The zero-order valence-corrected chi connectivity index (χ0v) is 8.01. The number of aryl methyl sites for hydroxylation is 1. The van der Waals surface area contributed by atoms with Crippen LogP contribution in [0.5, 0.6) is 0 Å². The normalized spacial score (nSPS) is 17.5. The molecule has 2 nitrogen and oxygen atoms in total. The summed E-state index contributed by atoms with van der Waals surface area (Å²) in [6.07, 6.45) is 0. The highest BCUT2D eigenvalue weighted by Crippen LogP contribution is 2.15. The summed E-state index contributed by atoms with van der Waals surface area (Å²) in [5, 5.41) is 3.35. The molecular formula is C11H15N2. The third kappa shape index (κ3) is 2.01. The van der Waals surface area contributed by atoms with E-state index in [1.54, 1.807) is 0 Å². The molecule has 0 aliphatic carbocycles. The summed E-state index contributed by atoms with van der Waals surface area (Å²) in [6, 6.07) is 9.51. The number of nitrogens with one attached hydrogen (secondary N) is 1. The molecule has 0 atom stereocenters. The van der Waals surface area contributed by atoms with Crippen LogP contribution in [0.25, 0.3) is 0 Å². The minimum absolute atomic E-state index is 1.09. The van der Waals surface area contributed by atoms with Crippen molar-refractivity contribution in [3.8, 4) is 0 Å². The van der Waals surface area contributed by atoms with Gasteiger partial charge in [0.25, 0.3) is 0 Å². The smallest absolute Gasteiger partial charge is 0.0370 e. The predicted molar refractivity (Wildman–Crippen MR) is 55.1 cm³/mol. The van der Waals surface area contributed by atoms with E-state index in [-0.39, 0.29) is 0 Å². The van der Waals surface area contributed by atoms with Crippen LogP contribution >= 0.6 is 0 Å². The first kappa shape index (κ1) is 8.57. The molecule has 1 saturated heterocycles. The molecule has 13 heavy (non-hydrogen) atoms. The van der Waals surface area contributed by atoms with Gasteiger partial charge in [-0.15, -0.1) is 0 Å². The molecule has 1 heterocycles. The van der Waals surface area contributed by atoms with Crippen molar-refractivity contribution in [1.29, 1.82) is 0 Å². The Balaban J connectivity index is 2.14. The standard InChI is InChI=1S/C11H15N2/c1-10-3-2-4-11(9-10)13-7-5-12-6-8-13/h2,4,9,12H,5-8H2,1H3. The third-order valence-electron chi connectivity index (χ3n) is 2.41. The monoisotopic (exact) mass is 175 g/mol. The highest BCUT2D eigenvalue weighted by Gasteiger charge is 2.09. The molecule has 2 heteroatoms. The number of anilines is 1. The number of benzene rings is 1. The van der Waals surface area contributed by atoms with E-state index in [9.17, 15) is 0 Å². The summed E-state index contributed by atoms with van der Waals surface area (Å²) < 4.78 is 0. The average Bonchev–Trinajstić information content (AvgIpc) is 2.19. The maximum Gasteiger partial charge on any atom is 0.0370 e. The fourth-order valence-electron chi connectivity index (χ4n) is 1.69. The van der Waals surface area contributed by atoms with Crippen LogP contribution in [-0.2, 0) is 0 Å². The molecule has 0 saturated carbocycles. The Morgan fingerprint density at radius 1 is 1.38 bits per heavy atom. The quantitative estimate of drug-likeness (QED) is 0.690. The van der Waals surface area contributed by atoms with E-state index in [0.717, 1.165) is 26.2 Å². The van der Waals surface area contributed by atoms with Gasteiger partial charge in [-0.05, 0) is 30.7 Å². The van der Waals surface area contributed by atoms with Gasteiger partial charge in [-0.1, -0.05) is 6.07 Å². The Morgan fingerprint density at radius 2 is 2.15 bits per heavy atom. The topological polar surface area (TPSA) is 15.3 Å². The third-order valence-corrected chi connectivity index (χ3v) is 2.41. The maximum absolute atomic E-state index is 3.35. The lowest BCUT2D eigenvalue weighted by Crippen LogP contribution is -2.43. The van der Waals surface area contributed by atoms with E-state index in [2.05, 4.69) is 35.3 Å². The SMILES string of the molecule is Cc1[c]ccc(N2CCNCC2)c1. The molecule has 0 aromatic heterocycles. The van der Waals surface area contributed by atoms with Gasteiger partial charge < -0.3 is 10.2 Å². The number of rotatable bonds is 1. The highest BCUT2D eigenvalue weighted by molar-refractivity contribution is 5.48. The predicted octanol–water partition coefficient (Wildman–Crippen LogP) is 1.20. The van der Waals surface area contributed by atoms with Gasteiger partial charge in [0.05, 0.1) is 0 Å². The highest BCUT2D eigenvalue weighted by atomic mass is 15.2. The largest absolute Gasteiger partial charge is 0.369 e. The van der Waals surface area contributed by atoms with Crippen molar-refractivity contribution in [1.82, 2.24) is 5.32 Å². The Morgan fingerprint density at radius 3 is 2.85 bits per heavy atom. The Kier molecular flexibility index (Phi) is 2.50. The van der Waals surface area contributed by atoms with E-state index in [0.29, 0.717) is 0 Å².